The minimum atomic E-state index is -0.789. The Balaban J connectivity index is 1.18. The first-order chi connectivity index (χ1) is 26.2. The number of carbonyl (C=O) groups is 1. The highest BCUT2D eigenvalue weighted by Gasteiger charge is 2.26. The van der Waals surface area contributed by atoms with E-state index in [2.05, 4.69) is 9.80 Å². The van der Waals surface area contributed by atoms with E-state index in [1.54, 1.807) is 31.2 Å². The van der Waals surface area contributed by atoms with Gasteiger partial charge in [0, 0.05) is 61.2 Å². The number of aromatic nitrogens is 4. The van der Waals surface area contributed by atoms with Crippen LogP contribution in [-0.2, 0) is 17.9 Å². The molecule has 7 rings (SSSR count). The summed E-state index contributed by atoms with van der Waals surface area (Å²) in [5, 5.41) is 25.1. The lowest BCUT2D eigenvalue weighted by Gasteiger charge is -2.31. The molecule has 2 saturated heterocycles. The van der Waals surface area contributed by atoms with Crippen molar-refractivity contribution in [2.24, 2.45) is 5.92 Å². The van der Waals surface area contributed by atoms with Crippen LogP contribution in [0.1, 0.15) is 43.2 Å². The monoisotopic (exact) mass is 758 g/mol. The maximum atomic E-state index is 15.9. The predicted molar refractivity (Wildman–Crippen MR) is 203 cm³/mol. The van der Waals surface area contributed by atoms with Crippen LogP contribution in [0.4, 0.5) is 4.39 Å². The van der Waals surface area contributed by atoms with Crippen LogP contribution in [0.25, 0.3) is 39.1 Å². The van der Waals surface area contributed by atoms with Crippen LogP contribution in [0.2, 0.25) is 5.02 Å². The van der Waals surface area contributed by atoms with Crippen LogP contribution in [-0.4, -0.2) is 99.3 Å². The van der Waals surface area contributed by atoms with Crippen molar-refractivity contribution < 1.29 is 33.6 Å². The topological polar surface area (TPSA) is 135 Å². The number of rotatable bonds is 12. The zero-order chi connectivity index (χ0) is 37.9. The number of pyridine rings is 2. The molecule has 0 aliphatic carbocycles. The van der Waals surface area contributed by atoms with Gasteiger partial charge in [0.2, 0.25) is 11.8 Å². The smallest absolute Gasteiger partial charge is 0.303 e. The fourth-order valence-corrected chi connectivity index (χ4v) is 7.94. The largest absolute Gasteiger partial charge is 0.496 e. The lowest BCUT2D eigenvalue weighted by atomic mass is 9.93. The third-order valence-electron chi connectivity index (χ3n) is 10.6. The molecule has 0 amide bonds. The van der Waals surface area contributed by atoms with Crippen molar-refractivity contribution >= 4 is 28.5 Å². The molecule has 2 aromatic carbocycles. The molecule has 284 valence electrons. The number of aliphatic hydroxyl groups is 1. The third kappa shape index (κ3) is 7.72. The Kier molecular flexibility index (Phi) is 11.3. The number of likely N-dealkylation sites (tertiary alicyclic amines) is 2. The number of methoxy groups -OCH3 is 3. The van der Waals surface area contributed by atoms with Crippen molar-refractivity contribution in [1.82, 2.24) is 29.5 Å². The van der Waals surface area contributed by atoms with Gasteiger partial charge in [-0.2, -0.15) is 10.1 Å². The quantitative estimate of drug-likeness (QED) is 0.142. The van der Waals surface area contributed by atoms with Crippen LogP contribution >= 0.6 is 11.6 Å². The van der Waals surface area contributed by atoms with Crippen molar-refractivity contribution in [3.63, 3.8) is 0 Å². The second-order valence-corrected chi connectivity index (χ2v) is 14.3. The molecule has 0 radical (unpaired) electrons. The van der Waals surface area contributed by atoms with Gasteiger partial charge in [-0.15, -0.1) is 0 Å². The average molecular weight is 759 g/mol. The molecular weight excluding hydrogens is 715 g/mol. The normalized spacial score (nSPS) is 16.2. The van der Waals surface area contributed by atoms with E-state index in [4.69, 9.17) is 46.0 Å². The Morgan fingerprint density at radius 3 is 2.17 bits per heavy atom. The second kappa shape index (κ2) is 16.3. The fraction of sp³-hybridized carbons (Fsp3) is 0.400. The molecule has 0 spiro atoms. The first-order valence-electron chi connectivity index (χ1n) is 18.1. The van der Waals surface area contributed by atoms with Gasteiger partial charge in [-0.25, -0.2) is 14.1 Å². The maximum absolute atomic E-state index is 15.9. The van der Waals surface area contributed by atoms with E-state index in [0.717, 1.165) is 66.4 Å². The molecule has 0 unspecified atom stereocenters. The molecule has 2 aliphatic rings. The molecule has 0 bridgehead atoms. The Bertz CT molecular complexity index is 2120. The SMILES string of the molecule is COc1cc(-n2ncc3c(-c4cccc(-c5cc(F)c(CN6CCC(CC(=O)O)CC6)c(OC)n5)c4Cl)cccc32)nc(OC)c1CN1CCC(O)CC1. The number of hydrogen-bond donors (Lipinski definition) is 2. The van der Waals surface area contributed by atoms with Crippen LogP contribution in [0.3, 0.4) is 0 Å². The lowest BCUT2D eigenvalue weighted by molar-refractivity contribution is -0.138. The molecule has 5 aromatic rings. The number of halogens is 2. The fourth-order valence-electron chi connectivity index (χ4n) is 7.61. The molecule has 0 atom stereocenters. The molecule has 2 fully saturated rings. The number of aliphatic hydroxyl groups excluding tert-OH is 1. The van der Waals surface area contributed by atoms with Crippen molar-refractivity contribution in [3.8, 4) is 45.7 Å². The first-order valence-corrected chi connectivity index (χ1v) is 18.5. The number of ether oxygens (including phenoxy) is 3. The van der Waals surface area contributed by atoms with Gasteiger partial charge in [0.25, 0.3) is 0 Å². The molecule has 2 N–H and O–H groups in total. The lowest BCUT2D eigenvalue weighted by Crippen LogP contribution is -2.35. The van der Waals surface area contributed by atoms with E-state index < -0.39 is 11.8 Å². The highest BCUT2D eigenvalue weighted by atomic mass is 35.5. The van der Waals surface area contributed by atoms with Crippen molar-refractivity contribution in [3.05, 3.63) is 76.7 Å². The van der Waals surface area contributed by atoms with Gasteiger partial charge >= 0.3 is 5.97 Å². The maximum Gasteiger partial charge on any atom is 0.303 e. The minimum Gasteiger partial charge on any atom is -0.496 e. The Hall–Kier alpha value is -4.82. The van der Waals surface area contributed by atoms with Crippen LogP contribution < -0.4 is 14.2 Å². The number of carboxylic acids is 1. The first kappa shape index (κ1) is 37.5. The summed E-state index contributed by atoms with van der Waals surface area (Å²) in [7, 11) is 4.68. The van der Waals surface area contributed by atoms with E-state index in [0.29, 0.717) is 65.5 Å². The highest BCUT2D eigenvalue weighted by Crippen LogP contribution is 2.41. The van der Waals surface area contributed by atoms with Gasteiger partial charge in [0.05, 0.1) is 61.0 Å². The van der Waals surface area contributed by atoms with Crippen LogP contribution in [0, 0.1) is 11.7 Å². The van der Waals surface area contributed by atoms with Gasteiger partial charge in [-0.05, 0) is 56.3 Å². The van der Waals surface area contributed by atoms with Gasteiger partial charge in [-0.1, -0.05) is 41.9 Å². The highest BCUT2D eigenvalue weighted by molar-refractivity contribution is 6.36. The van der Waals surface area contributed by atoms with Gasteiger partial charge < -0.3 is 24.4 Å². The van der Waals surface area contributed by atoms with Crippen molar-refractivity contribution in [2.45, 2.75) is 51.3 Å². The predicted octanol–water partition coefficient (Wildman–Crippen LogP) is 6.61. The Labute approximate surface area is 318 Å². The summed E-state index contributed by atoms with van der Waals surface area (Å²) in [6.45, 7) is 3.77. The number of hydrogen-bond acceptors (Lipinski definition) is 10. The Morgan fingerprint density at radius 2 is 1.48 bits per heavy atom. The summed E-state index contributed by atoms with van der Waals surface area (Å²) in [5.41, 5.74) is 4.39. The van der Waals surface area contributed by atoms with E-state index in [9.17, 15) is 9.90 Å². The van der Waals surface area contributed by atoms with Gasteiger partial charge in [-0.3, -0.25) is 14.6 Å². The van der Waals surface area contributed by atoms with E-state index in [1.165, 1.54) is 13.2 Å². The third-order valence-corrected chi connectivity index (χ3v) is 11.0. The molecule has 5 heterocycles. The van der Waals surface area contributed by atoms with E-state index in [1.807, 2.05) is 36.4 Å². The number of benzene rings is 2. The number of nitrogens with zero attached hydrogens (tertiary/aromatic N) is 6. The minimum absolute atomic E-state index is 0.128. The number of aliphatic carboxylic acids is 1. The summed E-state index contributed by atoms with van der Waals surface area (Å²) in [5.74, 6) is 0.651. The molecule has 54 heavy (non-hydrogen) atoms. The number of fused-ring (bicyclic) bond motifs is 1. The standard InChI is InChI=1S/C40H44ClFN6O6/c1-52-35-20-36(45-40(54-3)31(35)23-47-16-12-25(49)13-17-47)48-34-9-5-6-26(29(34)21-43-48)27-7-4-8-28(38(27)41)33-19-32(42)30(39(44-33)53-2)22-46-14-10-24(11-15-46)18-37(50)51/h4-9,19-21,24-25,49H,10-18,22-23H2,1-3H3,(H,50,51). The summed E-state index contributed by atoms with van der Waals surface area (Å²) < 4.78 is 34.8. The van der Waals surface area contributed by atoms with Crippen molar-refractivity contribution in [1.29, 1.82) is 0 Å². The van der Waals surface area contributed by atoms with Gasteiger partial charge in [0.1, 0.15) is 11.6 Å². The average Bonchev–Trinajstić information content (AvgIpc) is 3.62. The number of carboxylic acid groups (broad SMARTS) is 1. The molecule has 14 heteroatoms. The molecule has 2 aliphatic heterocycles. The van der Waals surface area contributed by atoms with Crippen molar-refractivity contribution in [2.75, 3.05) is 47.5 Å². The summed E-state index contributed by atoms with van der Waals surface area (Å²) in [4.78, 5) is 25.1. The molecular formula is C40H44ClFN6O6. The zero-order valence-electron chi connectivity index (χ0n) is 30.6. The second-order valence-electron chi connectivity index (χ2n) is 13.9. The summed E-state index contributed by atoms with van der Waals surface area (Å²) in [6.07, 6.45) is 4.58. The van der Waals surface area contributed by atoms with E-state index >= 15 is 4.39 Å². The molecule has 0 saturated carbocycles. The summed E-state index contributed by atoms with van der Waals surface area (Å²) >= 11 is 7.14. The molecule has 12 nitrogen and oxygen atoms in total. The molecule has 3 aromatic heterocycles. The Morgan fingerprint density at radius 1 is 0.852 bits per heavy atom. The zero-order valence-corrected chi connectivity index (χ0v) is 31.4. The number of piperidine rings is 2. The van der Waals surface area contributed by atoms with Crippen LogP contribution in [0.5, 0.6) is 17.5 Å². The van der Waals surface area contributed by atoms with E-state index in [-0.39, 0.29) is 24.3 Å². The van der Waals surface area contributed by atoms with Gasteiger partial charge in [0.15, 0.2) is 5.82 Å². The summed E-state index contributed by atoms with van der Waals surface area (Å²) in [6, 6.07) is 14.7. The van der Waals surface area contributed by atoms with Crippen LogP contribution in [0.15, 0.2) is 54.7 Å².